The van der Waals surface area contributed by atoms with E-state index in [1.54, 1.807) is 24.7 Å². The number of carbonyl (C=O) groups is 1. The van der Waals surface area contributed by atoms with E-state index in [4.69, 9.17) is 0 Å². The summed E-state index contributed by atoms with van der Waals surface area (Å²) in [5.74, 6) is -0.297. The summed E-state index contributed by atoms with van der Waals surface area (Å²) in [6.07, 6.45) is 0.508. The molecule has 2 aromatic carbocycles. The van der Waals surface area contributed by atoms with Crippen molar-refractivity contribution in [2.24, 2.45) is 7.05 Å². The number of hydrogen-bond acceptors (Lipinski definition) is 4. The van der Waals surface area contributed by atoms with E-state index >= 15 is 0 Å². The summed E-state index contributed by atoms with van der Waals surface area (Å²) in [6, 6.07) is 13.4. The Morgan fingerprint density at radius 1 is 1.09 bits per heavy atom. The molecule has 1 aromatic heterocycles. The number of hydrogen-bond donors (Lipinski definition) is 1. The van der Waals surface area contributed by atoms with Crippen molar-refractivity contribution in [3.05, 3.63) is 81.7 Å². The van der Waals surface area contributed by atoms with E-state index in [9.17, 15) is 13.2 Å². The lowest BCUT2D eigenvalue weighted by atomic mass is 10.1. The van der Waals surface area contributed by atoms with Gasteiger partial charge < -0.3 is 5.32 Å². The molecule has 0 spiro atoms. The van der Waals surface area contributed by atoms with Gasteiger partial charge in [0.05, 0.1) is 4.90 Å². The molecule has 168 valence electrons. The average molecular weight is 453 g/mol. The van der Waals surface area contributed by atoms with Crippen molar-refractivity contribution in [3.63, 3.8) is 0 Å². The molecule has 3 aromatic rings. The van der Waals surface area contributed by atoms with Gasteiger partial charge >= 0.3 is 0 Å². The van der Waals surface area contributed by atoms with Crippen LogP contribution in [0, 0.1) is 20.8 Å². The lowest BCUT2D eigenvalue weighted by Gasteiger charge is -2.27. The molecule has 0 unspecified atom stereocenters. The molecule has 2 heterocycles. The Kier molecular flexibility index (Phi) is 5.92. The van der Waals surface area contributed by atoms with Crippen molar-refractivity contribution in [1.29, 1.82) is 0 Å². The summed E-state index contributed by atoms with van der Waals surface area (Å²) in [5, 5.41) is 7.35. The Hall–Kier alpha value is -2.97. The Balaban J connectivity index is 1.59. The second-order valence-electron chi connectivity index (χ2n) is 8.43. The van der Waals surface area contributed by atoms with Crippen LogP contribution in [0.1, 0.15) is 44.0 Å². The summed E-state index contributed by atoms with van der Waals surface area (Å²) >= 11 is 0. The van der Waals surface area contributed by atoms with Gasteiger partial charge in [-0.3, -0.25) is 9.48 Å². The third-order valence-corrected chi connectivity index (χ3v) is 7.91. The van der Waals surface area contributed by atoms with Crippen LogP contribution in [0.15, 0.2) is 47.4 Å². The zero-order valence-electron chi connectivity index (χ0n) is 18.8. The van der Waals surface area contributed by atoms with Crippen LogP contribution in [0.4, 0.5) is 0 Å². The molecule has 0 aliphatic carbocycles. The van der Waals surface area contributed by atoms with Crippen molar-refractivity contribution in [3.8, 4) is 0 Å². The van der Waals surface area contributed by atoms with Crippen LogP contribution < -0.4 is 5.32 Å². The maximum atomic E-state index is 13.4. The quantitative estimate of drug-likeness (QED) is 0.645. The fourth-order valence-electron chi connectivity index (χ4n) is 4.17. The van der Waals surface area contributed by atoms with Gasteiger partial charge in [0.1, 0.15) is 0 Å². The Morgan fingerprint density at radius 3 is 2.59 bits per heavy atom. The fourth-order valence-corrected chi connectivity index (χ4v) is 5.89. The van der Waals surface area contributed by atoms with Crippen molar-refractivity contribution in [1.82, 2.24) is 19.4 Å². The van der Waals surface area contributed by atoms with Crippen LogP contribution in [-0.2, 0) is 36.6 Å². The number of benzene rings is 2. The number of nitrogens with zero attached hydrogens (tertiary/aromatic N) is 3. The van der Waals surface area contributed by atoms with Crippen LogP contribution >= 0.6 is 0 Å². The molecule has 0 saturated carbocycles. The van der Waals surface area contributed by atoms with E-state index in [1.165, 1.54) is 4.31 Å². The monoisotopic (exact) mass is 452 g/mol. The zero-order chi connectivity index (χ0) is 23.0. The molecular formula is C24H28N4O3S. The fraction of sp³-hybridized carbons (Fsp3) is 0.333. The van der Waals surface area contributed by atoms with Gasteiger partial charge in [0.25, 0.3) is 5.91 Å². The molecule has 0 atom stereocenters. The molecular weight excluding hydrogens is 424 g/mol. The molecule has 8 heteroatoms. The minimum atomic E-state index is -3.69. The maximum absolute atomic E-state index is 13.4. The topological polar surface area (TPSA) is 84.3 Å². The van der Waals surface area contributed by atoms with E-state index in [1.807, 2.05) is 50.2 Å². The molecule has 7 nitrogen and oxygen atoms in total. The van der Waals surface area contributed by atoms with Gasteiger partial charge in [-0.25, -0.2) is 8.42 Å². The lowest BCUT2D eigenvalue weighted by molar-refractivity contribution is 0.0943. The van der Waals surface area contributed by atoms with E-state index in [2.05, 4.69) is 10.4 Å². The Bertz CT molecular complexity index is 1290. The number of fused-ring (bicyclic) bond motifs is 1. The van der Waals surface area contributed by atoms with Crippen molar-refractivity contribution >= 4 is 15.9 Å². The highest BCUT2D eigenvalue weighted by atomic mass is 32.2. The smallest absolute Gasteiger partial charge is 0.272 e. The van der Waals surface area contributed by atoms with E-state index in [-0.39, 0.29) is 18.1 Å². The number of amides is 1. The molecule has 0 fully saturated rings. The summed E-state index contributed by atoms with van der Waals surface area (Å²) in [5.41, 5.74) is 5.60. The van der Waals surface area contributed by atoms with Gasteiger partial charge in [0.2, 0.25) is 10.0 Å². The van der Waals surface area contributed by atoms with Crippen molar-refractivity contribution in [2.75, 3.05) is 6.54 Å². The molecule has 4 rings (SSSR count). The maximum Gasteiger partial charge on any atom is 0.272 e. The van der Waals surface area contributed by atoms with E-state index in [0.717, 1.165) is 22.4 Å². The molecule has 32 heavy (non-hydrogen) atoms. The molecule has 1 aliphatic rings. The summed E-state index contributed by atoms with van der Waals surface area (Å²) in [4.78, 5) is 13.3. The van der Waals surface area contributed by atoms with Gasteiger partial charge in [-0.15, -0.1) is 0 Å². The average Bonchev–Trinajstić information content (AvgIpc) is 3.10. The Labute approximate surface area is 189 Å². The summed E-state index contributed by atoms with van der Waals surface area (Å²) in [6.45, 7) is 6.56. The summed E-state index contributed by atoms with van der Waals surface area (Å²) in [7, 11) is -1.89. The molecule has 0 bridgehead atoms. The minimum Gasteiger partial charge on any atom is -0.347 e. The highest BCUT2D eigenvalue weighted by Gasteiger charge is 2.34. The van der Waals surface area contributed by atoms with Gasteiger partial charge in [-0.1, -0.05) is 42.0 Å². The van der Waals surface area contributed by atoms with Crippen molar-refractivity contribution in [2.45, 2.75) is 45.2 Å². The Morgan fingerprint density at radius 2 is 1.84 bits per heavy atom. The van der Waals surface area contributed by atoms with Gasteiger partial charge in [-0.2, -0.15) is 9.40 Å². The SMILES string of the molecule is Cc1cccc(CNC(=O)c2nn(C)c3c2CN(S(=O)(=O)c2cc(C)ccc2C)CC3)c1. The van der Waals surface area contributed by atoms with Crippen LogP contribution in [0.2, 0.25) is 0 Å². The predicted octanol–water partition coefficient (Wildman–Crippen LogP) is 3.02. The number of aryl methyl sites for hydroxylation is 4. The molecule has 0 radical (unpaired) electrons. The first-order chi connectivity index (χ1) is 15.2. The third-order valence-electron chi connectivity index (χ3n) is 5.92. The normalized spacial score (nSPS) is 14.2. The zero-order valence-corrected chi connectivity index (χ0v) is 19.7. The standard InChI is InChI=1S/C24H28N4O3S/c1-16-6-5-7-19(12-16)14-25-24(29)23-20-15-28(11-10-21(20)27(4)26-23)32(30,31)22-13-17(2)8-9-18(22)3/h5-9,12-13H,10-11,14-15H2,1-4H3,(H,25,29). The number of carbonyl (C=O) groups excluding carboxylic acids is 1. The lowest BCUT2D eigenvalue weighted by Crippen LogP contribution is -2.37. The van der Waals surface area contributed by atoms with Crippen LogP contribution in [0.5, 0.6) is 0 Å². The molecule has 1 N–H and O–H groups in total. The molecule has 1 amide bonds. The largest absolute Gasteiger partial charge is 0.347 e. The van der Waals surface area contributed by atoms with Crippen LogP contribution in [0.3, 0.4) is 0 Å². The number of aromatic nitrogens is 2. The first-order valence-corrected chi connectivity index (χ1v) is 12.1. The van der Waals surface area contributed by atoms with Gasteiger partial charge in [-0.05, 0) is 43.5 Å². The van der Waals surface area contributed by atoms with E-state index in [0.29, 0.717) is 35.5 Å². The van der Waals surface area contributed by atoms with Crippen LogP contribution in [0.25, 0.3) is 0 Å². The highest BCUT2D eigenvalue weighted by Crippen LogP contribution is 2.28. The number of sulfonamides is 1. The number of rotatable bonds is 5. The predicted molar refractivity (Wildman–Crippen MR) is 123 cm³/mol. The summed E-state index contributed by atoms with van der Waals surface area (Å²) < 4.78 is 29.9. The third kappa shape index (κ3) is 4.20. The van der Waals surface area contributed by atoms with Gasteiger partial charge in [0, 0.05) is 44.4 Å². The second-order valence-corrected chi connectivity index (χ2v) is 10.3. The minimum absolute atomic E-state index is 0.131. The number of nitrogens with one attached hydrogen (secondary N) is 1. The second kappa shape index (κ2) is 8.52. The molecule has 0 saturated heterocycles. The van der Waals surface area contributed by atoms with Gasteiger partial charge in [0.15, 0.2) is 5.69 Å². The van der Waals surface area contributed by atoms with Crippen LogP contribution in [-0.4, -0.2) is 35.0 Å². The van der Waals surface area contributed by atoms with E-state index < -0.39 is 10.0 Å². The highest BCUT2D eigenvalue weighted by molar-refractivity contribution is 7.89. The van der Waals surface area contributed by atoms with Crippen molar-refractivity contribution < 1.29 is 13.2 Å². The first-order valence-electron chi connectivity index (χ1n) is 10.6. The molecule has 1 aliphatic heterocycles. The first kappa shape index (κ1) is 22.2.